The Labute approximate surface area is 129 Å². The third-order valence-corrected chi connectivity index (χ3v) is 3.96. The monoisotopic (exact) mass is 324 g/mol. The van der Waals surface area contributed by atoms with E-state index in [4.69, 9.17) is 0 Å². The third-order valence-electron chi connectivity index (χ3n) is 3.11. The molecular formula is C14H14F2N4OS. The van der Waals surface area contributed by atoms with E-state index in [2.05, 4.69) is 20.1 Å². The fourth-order valence-electron chi connectivity index (χ4n) is 2.07. The van der Waals surface area contributed by atoms with Gasteiger partial charge in [0, 0.05) is 0 Å². The fraction of sp³-hybridized carbons (Fsp3) is 0.286. The van der Waals surface area contributed by atoms with Crippen LogP contribution in [0.3, 0.4) is 0 Å². The Balaban J connectivity index is 1.70. The maximum Gasteiger partial charge on any atom is 0.387 e. The van der Waals surface area contributed by atoms with E-state index < -0.39 is 6.61 Å². The zero-order valence-corrected chi connectivity index (χ0v) is 12.8. The number of halogens is 2. The molecule has 1 unspecified atom stereocenters. The van der Waals surface area contributed by atoms with Crippen molar-refractivity contribution in [3.8, 4) is 5.75 Å². The van der Waals surface area contributed by atoms with Crippen molar-refractivity contribution in [2.24, 2.45) is 0 Å². The topological polar surface area (TPSA) is 51.5 Å². The molecule has 3 rings (SSSR count). The van der Waals surface area contributed by atoms with Crippen LogP contribution in [0.5, 0.6) is 5.75 Å². The maximum absolute atomic E-state index is 12.1. The van der Waals surface area contributed by atoms with E-state index in [1.165, 1.54) is 23.5 Å². The third kappa shape index (κ3) is 3.16. The maximum atomic E-state index is 12.1. The quantitative estimate of drug-likeness (QED) is 0.774. The van der Waals surface area contributed by atoms with Crippen LogP contribution in [0.2, 0.25) is 0 Å². The first-order chi connectivity index (χ1) is 10.5. The molecule has 1 N–H and O–H groups in total. The van der Waals surface area contributed by atoms with Gasteiger partial charge in [0.2, 0.25) is 10.1 Å². The molecule has 5 nitrogen and oxygen atoms in total. The first-order valence-electron chi connectivity index (χ1n) is 6.65. The number of hydrogen-bond donors (Lipinski definition) is 1. The Morgan fingerprint density at radius 2 is 2.00 bits per heavy atom. The van der Waals surface area contributed by atoms with Crippen molar-refractivity contribution in [2.75, 3.05) is 5.32 Å². The lowest BCUT2D eigenvalue weighted by Crippen LogP contribution is -2.07. The fourth-order valence-corrected chi connectivity index (χ4v) is 2.99. The Morgan fingerprint density at radius 1 is 1.27 bits per heavy atom. The molecule has 0 fully saturated rings. The number of anilines is 1. The molecule has 0 aliphatic heterocycles. The number of alkyl halides is 2. The molecule has 0 aliphatic carbocycles. The van der Waals surface area contributed by atoms with E-state index in [9.17, 15) is 8.78 Å². The molecule has 0 saturated heterocycles. The van der Waals surface area contributed by atoms with Crippen LogP contribution >= 0.6 is 11.3 Å². The zero-order valence-electron chi connectivity index (χ0n) is 12.0. The number of nitrogens with zero attached hydrogens (tertiary/aromatic N) is 3. The van der Waals surface area contributed by atoms with Crippen LogP contribution in [0, 0.1) is 6.92 Å². The van der Waals surface area contributed by atoms with Crippen LogP contribution < -0.4 is 10.1 Å². The van der Waals surface area contributed by atoms with Crippen molar-refractivity contribution in [1.82, 2.24) is 14.6 Å². The predicted octanol–water partition coefficient (Wildman–Crippen LogP) is 3.87. The second-order valence-electron chi connectivity index (χ2n) is 4.83. The average molecular weight is 324 g/mol. The van der Waals surface area contributed by atoms with Crippen molar-refractivity contribution >= 4 is 21.4 Å². The molecule has 0 amide bonds. The lowest BCUT2D eigenvalue weighted by atomic mass is 10.1. The molecule has 0 saturated carbocycles. The summed E-state index contributed by atoms with van der Waals surface area (Å²) in [6.45, 7) is 1.08. The van der Waals surface area contributed by atoms with Crippen molar-refractivity contribution in [3.63, 3.8) is 0 Å². The van der Waals surface area contributed by atoms with Crippen molar-refractivity contribution < 1.29 is 13.5 Å². The molecule has 2 heterocycles. The number of ether oxygens (including phenoxy) is 1. The highest BCUT2D eigenvalue weighted by Crippen LogP contribution is 2.25. The van der Waals surface area contributed by atoms with Gasteiger partial charge in [-0.15, -0.1) is 5.10 Å². The molecule has 116 valence electrons. The lowest BCUT2D eigenvalue weighted by Gasteiger charge is -2.13. The van der Waals surface area contributed by atoms with Crippen LogP contribution in [0.15, 0.2) is 30.5 Å². The van der Waals surface area contributed by atoms with Crippen LogP contribution in [0.4, 0.5) is 13.9 Å². The summed E-state index contributed by atoms with van der Waals surface area (Å²) in [6, 6.07) is 6.53. The van der Waals surface area contributed by atoms with Gasteiger partial charge in [0.05, 0.1) is 17.9 Å². The minimum atomic E-state index is -2.81. The average Bonchev–Trinajstić information content (AvgIpc) is 2.95. The molecule has 0 aliphatic rings. The number of nitrogens with one attached hydrogen (secondary N) is 1. The van der Waals surface area contributed by atoms with Crippen LogP contribution in [-0.4, -0.2) is 21.2 Å². The van der Waals surface area contributed by atoms with Gasteiger partial charge in [-0.1, -0.05) is 23.5 Å². The number of rotatable bonds is 5. The minimum absolute atomic E-state index is 0.0162. The van der Waals surface area contributed by atoms with Crippen molar-refractivity contribution in [2.45, 2.75) is 26.5 Å². The molecular weight excluding hydrogens is 310 g/mol. The number of fused-ring (bicyclic) bond motifs is 1. The van der Waals surface area contributed by atoms with E-state index in [0.717, 1.165) is 21.3 Å². The summed E-state index contributed by atoms with van der Waals surface area (Å²) in [5.74, 6) is 0.147. The molecule has 1 atom stereocenters. The summed E-state index contributed by atoms with van der Waals surface area (Å²) in [5, 5.41) is 8.42. The van der Waals surface area contributed by atoms with E-state index in [-0.39, 0.29) is 11.8 Å². The molecule has 2 aromatic heterocycles. The van der Waals surface area contributed by atoms with E-state index in [0.29, 0.717) is 0 Å². The molecule has 22 heavy (non-hydrogen) atoms. The second-order valence-corrected chi connectivity index (χ2v) is 5.79. The summed E-state index contributed by atoms with van der Waals surface area (Å²) in [7, 11) is 0. The van der Waals surface area contributed by atoms with Gasteiger partial charge in [-0.25, -0.2) is 9.50 Å². The van der Waals surface area contributed by atoms with Gasteiger partial charge in [-0.3, -0.25) is 0 Å². The van der Waals surface area contributed by atoms with Gasteiger partial charge in [-0.2, -0.15) is 8.78 Å². The first-order valence-corrected chi connectivity index (χ1v) is 7.47. The van der Waals surface area contributed by atoms with Gasteiger partial charge >= 0.3 is 6.61 Å². The molecule has 3 aromatic rings. The van der Waals surface area contributed by atoms with E-state index >= 15 is 0 Å². The second kappa shape index (κ2) is 5.88. The summed E-state index contributed by atoms with van der Waals surface area (Å²) >= 11 is 1.46. The molecule has 8 heteroatoms. The molecule has 0 radical (unpaired) electrons. The van der Waals surface area contributed by atoms with Gasteiger partial charge in [0.1, 0.15) is 5.75 Å². The van der Waals surface area contributed by atoms with E-state index in [1.54, 1.807) is 16.6 Å². The summed E-state index contributed by atoms with van der Waals surface area (Å²) < 4.78 is 30.3. The van der Waals surface area contributed by atoms with Gasteiger partial charge in [-0.05, 0) is 31.5 Å². The van der Waals surface area contributed by atoms with Crippen molar-refractivity contribution in [3.05, 3.63) is 41.7 Å². The molecule has 0 bridgehead atoms. The highest BCUT2D eigenvalue weighted by molar-refractivity contribution is 7.20. The Hall–Kier alpha value is -2.22. The number of aryl methyl sites for hydroxylation is 1. The van der Waals surface area contributed by atoms with E-state index in [1.807, 2.05) is 20.0 Å². The highest BCUT2D eigenvalue weighted by Gasteiger charge is 2.11. The summed E-state index contributed by atoms with van der Waals surface area (Å²) in [5.41, 5.74) is 1.87. The van der Waals surface area contributed by atoms with Crippen molar-refractivity contribution in [1.29, 1.82) is 0 Å². The number of aromatic nitrogens is 3. The molecule has 0 spiro atoms. The first kappa shape index (κ1) is 14.7. The SMILES string of the molecule is Cc1cn2nc(NC(C)c3ccc(OC(F)F)cc3)sc2n1. The smallest absolute Gasteiger partial charge is 0.387 e. The van der Waals surface area contributed by atoms with Crippen LogP contribution in [0.1, 0.15) is 24.2 Å². The Kier molecular flexibility index (Phi) is 3.93. The minimum Gasteiger partial charge on any atom is -0.435 e. The largest absolute Gasteiger partial charge is 0.435 e. The van der Waals surface area contributed by atoms with Gasteiger partial charge in [0.25, 0.3) is 0 Å². The standard InChI is InChI=1S/C14H14F2N4OS/c1-8-7-20-14(17-8)22-13(19-20)18-9(2)10-3-5-11(6-4-10)21-12(15)16/h3-7,9,12H,1-2H3,(H,18,19). The number of benzene rings is 1. The number of hydrogen-bond acceptors (Lipinski definition) is 5. The van der Waals surface area contributed by atoms with Gasteiger partial charge in [0.15, 0.2) is 0 Å². The Morgan fingerprint density at radius 3 is 2.64 bits per heavy atom. The van der Waals surface area contributed by atoms with Crippen LogP contribution in [-0.2, 0) is 0 Å². The Bertz CT molecular complexity index is 737. The normalized spacial score (nSPS) is 12.8. The number of imidazole rings is 1. The summed E-state index contributed by atoms with van der Waals surface area (Å²) in [6.07, 6.45) is 1.86. The zero-order chi connectivity index (χ0) is 15.7. The van der Waals surface area contributed by atoms with Gasteiger partial charge < -0.3 is 10.1 Å². The predicted molar refractivity (Wildman–Crippen MR) is 80.7 cm³/mol. The lowest BCUT2D eigenvalue weighted by molar-refractivity contribution is -0.0498. The highest BCUT2D eigenvalue weighted by atomic mass is 32.1. The van der Waals surface area contributed by atoms with Crippen LogP contribution in [0.25, 0.3) is 4.96 Å². The molecule has 1 aromatic carbocycles. The summed E-state index contributed by atoms with van der Waals surface area (Å²) in [4.78, 5) is 5.17.